The number of carbonyl (C=O) groups excluding carboxylic acids is 1. The van der Waals surface area contributed by atoms with Crippen molar-refractivity contribution in [3.63, 3.8) is 0 Å². The molecule has 1 N–H and O–H groups in total. The summed E-state index contributed by atoms with van der Waals surface area (Å²) in [5.74, 6) is -1.38. The first-order valence-electron chi connectivity index (χ1n) is 4.76. The van der Waals surface area contributed by atoms with Crippen LogP contribution in [0.15, 0.2) is 18.2 Å². The van der Waals surface area contributed by atoms with Crippen LogP contribution in [0.25, 0.3) is 0 Å². The summed E-state index contributed by atoms with van der Waals surface area (Å²) in [7, 11) is 0. The van der Waals surface area contributed by atoms with Crippen molar-refractivity contribution < 1.29 is 19.4 Å². The summed E-state index contributed by atoms with van der Waals surface area (Å²) in [6.45, 7) is 0.111. The Morgan fingerprint density at radius 2 is 2.31 bits per heavy atom. The van der Waals surface area contributed by atoms with Gasteiger partial charge in [0, 0.05) is 5.02 Å². The standard InChI is InChI=1S/C11H9ClO4/c12-7-1-2-9-8(4-7)11(15)6(5-16-9)3-10(13)14/h1-2,4,6H,3,5H2,(H,13,14)/t6-/m1/s1. The van der Waals surface area contributed by atoms with Crippen LogP contribution in [0.1, 0.15) is 16.8 Å². The molecule has 16 heavy (non-hydrogen) atoms. The molecular formula is C11H9ClO4. The molecule has 0 aliphatic carbocycles. The van der Waals surface area contributed by atoms with Gasteiger partial charge in [-0.2, -0.15) is 0 Å². The zero-order chi connectivity index (χ0) is 11.7. The maximum Gasteiger partial charge on any atom is 0.304 e. The average Bonchev–Trinajstić information content (AvgIpc) is 2.22. The van der Waals surface area contributed by atoms with Gasteiger partial charge in [0.2, 0.25) is 0 Å². The van der Waals surface area contributed by atoms with Gasteiger partial charge in [-0.15, -0.1) is 0 Å². The SMILES string of the molecule is O=C(O)C[C@@H]1COc2ccc(Cl)cc2C1=O. The minimum Gasteiger partial charge on any atom is -0.492 e. The third kappa shape index (κ3) is 2.02. The Balaban J connectivity index is 2.30. The number of fused-ring (bicyclic) bond motifs is 1. The number of carboxylic acids is 1. The Morgan fingerprint density at radius 3 is 3.00 bits per heavy atom. The molecule has 0 saturated carbocycles. The highest BCUT2D eigenvalue weighted by atomic mass is 35.5. The Morgan fingerprint density at radius 1 is 1.56 bits per heavy atom. The normalized spacial score (nSPS) is 18.8. The molecular weight excluding hydrogens is 232 g/mol. The monoisotopic (exact) mass is 240 g/mol. The van der Waals surface area contributed by atoms with Crippen molar-refractivity contribution in [2.24, 2.45) is 5.92 Å². The lowest BCUT2D eigenvalue weighted by Crippen LogP contribution is -2.29. The van der Waals surface area contributed by atoms with E-state index in [-0.39, 0.29) is 18.8 Å². The van der Waals surface area contributed by atoms with Crippen molar-refractivity contribution in [2.75, 3.05) is 6.61 Å². The maximum absolute atomic E-state index is 11.9. The second-order valence-electron chi connectivity index (χ2n) is 3.61. The molecule has 84 valence electrons. The van der Waals surface area contributed by atoms with Crippen LogP contribution in [-0.2, 0) is 4.79 Å². The number of benzene rings is 1. The summed E-state index contributed by atoms with van der Waals surface area (Å²) in [5, 5.41) is 9.09. The van der Waals surface area contributed by atoms with Crippen LogP contribution in [-0.4, -0.2) is 23.5 Å². The van der Waals surface area contributed by atoms with Crippen LogP contribution in [0.4, 0.5) is 0 Å². The fourth-order valence-corrected chi connectivity index (χ4v) is 1.84. The van der Waals surface area contributed by atoms with E-state index in [1.54, 1.807) is 12.1 Å². The molecule has 0 bridgehead atoms. The first-order chi connectivity index (χ1) is 7.58. The van der Waals surface area contributed by atoms with E-state index in [9.17, 15) is 9.59 Å². The topological polar surface area (TPSA) is 63.6 Å². The molecule has 1 aliphatic rings. The van der Waals surface area contributed by atoms with Crippen LogP contribution >= 0.6 is 11.6 Å². The smallest absolute Gasteiger partial charge is 0.304 e. The highest BCUT2D eigenvalue weighted by Crippen LogP contribution is 2.30. The van der Waals surface area contributed by atoms with Crippen molar-refractivity contribution >= 4 is 23.4 Å². The lowest BCUT2D eigenvalue weighted by molar-refractivity contribution is -0.138. The van der Waals surface area contributed by atoms with E-state index in [1.807, 2.05) is 0 Å². The first-order valence-corrected chi connectivity index (χ1v) is 5.14. The summed E-state index contributed by atoms with van der Waals surface area (Å²) < 4.78 is 5.32. The number of ether oxygens (including phenoxy) is 1. The number of ketones is 1. The lowest BCUT2D eigenvalue weighted by Gasteiger charge is -2.22. The fraction of sp³-hybridized carbons (Fsp3) is 0.273. The van der Waals surface area contributed by atoms with E-state index in [0.29, 0.717) is 16.3 Å². The molecule has 4 nitrogen and oxygen atoms in total. The molecule has 2 rings (SSSR count). The second-order valence-corrected chi connectivity index (χ2v) is 4.05. The summed E-state index contributed by atoms with van der Waals surface area (Å²) in [6.07, 6.45) is -0.217. The third-order valence-corrected chi connectivity index (χ3v) is 2.67. The van der Waals surface area contributed by atoms with E-state index in [1.165, 1.54) is 6.07 Å². The molecule has 1 aliphatic heterocycles. The Kier molecular flexibility index (Phi) is 2.83. The van der Waals surface area contributed by atoms with Crippen molar-refractivity contribution in [3.8, 4) is 5.75 Å². The largest absolute Gasteiger partial charge is 0.492 e. The molecule has 0 saturated heterocycles. The number of carboxylic acid groups (broad SMARTS) is 1. The van der Waals surface area contributed by atoms with Gasteiger partial charge >= 0.3 is 5.97 Å². The number of rotatable bonds is 2. The van der Waals surface area contributed by atoms with Crippen LogP contribution < -0.4 is 4.74 Å². The molecule has 1 aromatic carbocycles. The molecule has 0 fully saturated rings. The van der Waals surface area contributed by atoms with Crippen LogP contribution in [0.2, 0.25) is 5.02 Å². The van der Waals surface area contributed by atoms with Gasteiger partial charge in [-0.05, 0) is 18.2 Å². The predicted octanol–water partition coefficient (Wildman–Crippen LogP) is 2.01. The highest BCUT2D eigenvalue weighted by Gasteiger charge is 2.30. The van der Waals surface area contributed by atoms with E-state index in [2.05, 4.69) is 0 Å². The second kappa shape index (κ2) is 4.14. The van der Waals surface area contributed by atoms with Gasteiger partial charge in [-0.3, -0.25) is 9.59 Å². The van der Waals surface area contributed by atoms with Gasteiger partial charge in [0.05, 0.1) is 24.5 Å². The molecule has 5 heteroatoms. The number of Topliss-reactive ketones (excluding diaryl/α,β-unsaturated/α-hetero) is 1. The fourth-order valence-electron chi connectivity index (χ4n) is 1.67. The Labute approximate surface area is 96.8 Å². The molecule has 0 aromatic heterocycles. The zero-order valence-electron chi connectivity index (χ0n) is 8.27. The maximum atomic E-state index is 11.9. The molecule has 0 amide bonds. The van der Waals surface area contributed by atoms with Crippen molar-refractivity contribution in [1.29, 1.82) is 0 Å². The predicted molar refractivity (Wildman–Crippen MR) is 57.0 cm³/mol. The summed E-state index contributed by atoms with van der Waals surface area (Å²) in [6, 6.07) is 4.75. The molecule has 0 spiro atoms. The van der Waals surface area contributed by atoms with Gasteiger partial charge in [0.15, 0.2) is 5.78 Å². The molecule has 0 radical (unpaired) electrons. The third-order valence-electron chi connectivity index (χ3n) is 2.44. The van der Waals surface area contributed by atoms with Crippen molar-refractivity contribution in [2.45, 2.75) is 6.42 Å². The number of aliphatic carboxylic acids is 1. The molecule has 1 heterocycles. The Bertz CT molecular complexity index is 455. The summed E-state index contributed by atoms with van der Waals surface area (Å²) >= 11 is 5.77. The Hall–Kier alpha value is -1.55. The van der Waals surface area contributed by atoms with Gasteiger partial charge < -0.3 is 9.84 Å². The lowest BCUT2D eigenvalue weighted by atomic mass is 9.92. The number of hydrogen-bond acceptors (Lipinski definition) is 3. The summed E-state index contributed by atoms with van der Waals surface area (Å²) in [4.78, 5) is 22.5. The average molecular weight is 241 g/mol. The number of carbonyl (C=O) groups is 2. The van der Waals surface area contributed by atoms with Crippen LogP contribution in [0.3, 0.4) is 0 Å². The van der Waals surface area contributed by atoms with E-state index >= 15 is 0 Å². The van der Waals surface area contributed by atoms with Gasteiger partial charge in [0.1, 0.15) is 5.75 Å². The van der Waals surface area contributed by atoms with E-state index in [4.69, 9.17) is 21.4 Å². The van der Waals surface area contributed by atoms with Crippen molar-refractivity contribution in [1.82, 2.24) is 0 Å². The minimum atomic E-state index is -1.01. The highest BCUT2D eigenvalue weighted by molar-refractivity contribution is 6.31. The minimum absolute atomic E-state index is 0.111. The van der Waals surface area contributed by atoms with Crippen LogP contribution in [0.5, 0.6) is 5.75 Å². The zero-order valence-corrected chi connectivity index (χ0v) is 9.03. The quantitative estimate of drug-likeness (QED) is 0.859. The van der Waals surface area contributed by atoms with Gasteiger partial charge in [0.25, 0.3) is 0 Å². The van der Waals surface area contributed by atoms with Crippen molar-refractivity contribution in [3.05, 3.63) is 28.8 Å². The van der Waals surface area contributed by atoms with Gasteiger partial charge in [-0.25, -0.2) is 0 Å². The van der Waals surface area contributed by atoms with Gasteiger partial charge in [-0.1, -0.05) is 11.6 Å². The van der Waals surface area contributed by atoms with E-state index < -0.39 is 11.9 Å². The van der Waals surface area contributed by atoms with E-state index in [0.717, 1.165) is 0 Å². The molecule has 1 atom stereocenters. The number of hydrogen-bond donors (Lipinski definition) is 1. The first kappa shape index (κ1) is 11.0. The van der Waals surface area contributed by atoms with Crippen LogP contribution in [0, 0.1) is 5.92 Å². The summed E-state index contributed by atoms with van der Waals surface area (Å²) in [5.41, 5.74) is 0.366. The molecule has 0 unspecified atom stereocenters. The molecule has 1 aromatic rings. The number of halogens is 1.